The number of aromatic nitrogens is 1. The summed E-state index contributed by atoms with van der Waals surface area (Å²) in [5.41, 5.74) is 4.08. The van der Waals surface area contributed by atoms with Crippen LogP contribution in [0.25, 0.3) is 33.7 Å². The molecule has 1 aliphatic heterocycles. The van der Waals surface area contributed by atoms with Gasteiger partial charge in [0.25, 0.3) is 0 Å². The molecule has 32 heavy (non-hydrogen) atoms. The van der Waals surface area contributed by atoms with Crippen molar-refractivity contribution >= 4 is 11.6 Å². The van der Waals surface area contributed by atoms with Crippen molar-refractivity contribution in [1.29, 1.82) is 0 Å². The highest BCUT2D eigenvalue weighted by Crippen LogP contribution is 2.42. The van der Waals surface area contributed by atoms with E-state index in [4.69, 9.17) is 20.9 Å². The normalized spacial score (nSPS) is 14.3. The molecule has 0 saturated carbocycles. The van der Waals surface area contributed by atoms with Crippen LogP contribution >= 0.6 is 11.6 Å². The summed E-state index contributed by atoms with van der Waals surface area (Å²) in [6.07, 6.45) is 0.239. The molecular weight excluding hydrogens is 424 g/mol. The lowest BCUT2D eigenvalue weighted by Crippen LogP contribution is -2.53. The molecule has 6 heteroatoms. The Labute approximate surface area is 191 Å². The first-order valence-electron chi connectivity index (χ1n) is 10.7. The zero-order valence-corrected chi connectivity index (χ0v) is 18.4. The number of likely N-dealkylation sites (N-methyl/N-ethyl adjacent to an activating group) is 1. The van der Waals surface area contributed by atoms with Gasteiger partial charge in [0.1, 0.15) is 23.3 Å². The van der Waals surface area contributed by atoms with Crippen LogP contribution in [0.2, 0.25) is 5.02 Å². The van der Waals surface area contributed by atoms with Crippen LogP contribution in [-0.2, 0) is 0 Å². The predicted molar refractivity (Wildman–Crippen MR) is 126 cm³/mol. The number of hydrogen-bond acceptors (Lipinski definition) is 5. The predicted octanol–water partition coefficient (Wildman–Crippen LogP) is 6.12. The molecule has 1 saturated heterocycles. The van der Waals surface area contributed by atoms with E-state index in [-0.39, 0.29) is 11.9 Å². The third-order valence-corrected chi connectivity index (χ3v) is 6.10. The fraction of sp³-hybridized carbons (Fsp3) is 0.192. The smallest absolute Gasteiger partial charge is 0.175 e. The van der Waals surface area contributed by atoms with E-state index < -0.39 is 0 Å². The number of likely N-dealkylation sites (tertiary alicyclic amines) is 1. The SMILES string of the molecule is CCN1CC(Oc2ccc(-c3c(-c4ccccc4Cl)noc3-c3ccc(O)cc3)cc2)C1. The Morgan fingerprint density at radius 1 is 1.00 bits per heavy atom. The maximum absolute atomic E-state index is 9.69. The quantitative estimate of drug-likeness (QED) is 0.386. The van der Waals surface area contributed by atoms with Crippen molar-refractivity contribution in [2.75, 3.05) is 19.6 Å². The van der Waals surface area contributed by atoms with Crippen molar-refractivity contribution in [2.24, 2.45) is 0 Å². The molecule has 1 fully saturated rings. The molecule has 0 atom stereocenters. The van der Waals surface area contributed by atoms with Gasteiger partial charge in [0.05, 0.1) is 10.6 Å². The Bertz CT molecular complexity index is 1210. The van der Waals surface area contributed by atoms with Crippen LogP contribution in [0, 0.1) is 0 Å². The fourth-order valence-corrected chi connectivity index (χ4v) is 4.18. The molecule has 0 aliphatic carbocycles. The first kappa shape index (κ1) is 20.6. The summed E-state index contributed by atoms with van der Waals surface area (Å²) >= 11 is 6.48. The van der Waals surface area contributed by atoms with E-state index in [9.17, 15) is 5.11 Å². The van der Waals surface area contributed by atoms with Gasteiger partial charge in [-0.1, -0.05) is 54.0 Å². The van der Waals surface area contributed by atoms with Gasteiger partial charge in [0.2, 0.25) is 0 Å². The number of aromatic hydroxyl groups is 1. The molecule has 0 unspecified atom stereocenters. The summed E-state index contributed by atoms with van der Waals surface area (Å²) in [6.45, 7) is 5.14. The van der Waals surface area contributed by atoms with Crippen LogP contribution in [0.1, 0.15) is 6.92 Å². The van der Waals surface area contributed by atoms with Crippen LogP contribution in [0.4, 0.5) is 0 Å². The molecule has 3 aromatic carbocycles. The van der Waals surface area contributed by atoms with E-state index in [0.29, 0.717) is 16.5 Å². The second kappa shape index (κ2) is 8.69. The van der Waals surface area contributed by atoms with Crippen molar-refractivity contribution in [3.05, 3.63) is 77.8 Å². The van der Waals surface area contributed by atoms with Crippen molar-refractivity contribution in [1.82, 2.24) is 10.1 Å². The third kappa shape index (κ3) is 3.97. The molecule has 0 bridgehead atoms. The molecule has 2 heterocycles. The summed E-state index contributed by atoms with van der Waals surface area (Å²) in [6, 6.07) is 22.5. The molecule has 0 amide bonds. The highest BCUT2D eigenvalue weighted by molar-refractivity contribution is 6.33. The molecule has 4 aromatic rings. The van der Waals surface area contributed by atoms with Crippen molar-refractivity contribution < 1.29 is 14.4 Å². The maximum atomic E-state index is 9.69. The minimum atomic E-state index is 0.195. The number of hydrogen-bond donors (Lipinski definition) is 1. The van der Waals surface area contributed by atoms with E-state index in [1.165, 1.54) is 0 Å². The molecule has 162 valence electrons. The zero-order chi connectivity index (χ0) is 22.1. The molecule has 1 N–H and O–H groups in total. The van der Waals surface area contributed by atoms with Crippen molar-refractivity contribution in [3.8, 4) is 45.2 Å². The van der Waals surface area contributed by atoms with Gasteiger partial charge in [0.15, 0.2) is 5.76 Å². The minimum absolute atomic E-state index is 0.195. The Morgan fingerprint density at radius 3 is 2.38 bits per heavy atom. The summed E-state index contributed by atoms with van der Waals surface area (Å²) in [7, 11) is 0. The first-order valence-corrected chi connectivity index (χ1v) is 11.0. The van der Waals surface area contributed by atoms with Gasteiger partial charge in [-0.3, -0.25) is 4.90 Å². The van der Waals surface area contributed by atoms with Crippen LogP contribution in [-0.4, -0.2) is 40.9 Å². The molecule has 1 aliphatic rings. The summed E-state index contributed by atoms with van der Waals surface area (Å²) < 4.78 is 11.9. The Hall–Kier alpha value is -3.28. The van der Waals surface area contributed by atoms with Crippen molar-refractivity contribution in [3.63, 3.8) is 0 Å². The number of phenolic OH excluding ortho intramolecular Hbond substituents is 1. The molecule has 1 aromatic heterocycles. The van der Waals surface area contributed by atoms with E-state index >= 15 is 0 Å². The number of ether oxygens (including phenoxy) is 1. The standard InChI is InChI=1S/C26H23ClN2O3/c1-2-29-15-21(16-29)31-20-13-9-17(10-14-20)24-25(22-5-3-4-6-23(22)27)28-32-26(24)18-7-11-19(30)12-8-18/h3-14,21,30H,2,15-16H2,1H3. The fourth-order valence-electron chi connectivity index (χ4n) is 3.95. The second-order valence-electron chi connectivity index (χ2n) is 7.88. The largest absolute Gasteiger partial charge is 0.508 e. The van der Waals surface area contributed by atoms with E-state index in [2.05, 4.69) is 17.0 Å². The average molecular weight is 447 g/mol. The van der Waals surface area contributed by atoms with Gasteiger partial charge in [-0.2, -0.15) is 0 Å². The van der Waals surface area contributed by atoms with Gasteiger partial charge < -0.3 is 14.4 Å². The van der Waals surface area contributed by atoms with Gasteiger partial charge in [0, 0.05) is 24.2 Å². The number of phenols is 1. The van der Waals surface area contributed by atoms with Crippen molar-refractivity contribution in [2.45, 2.75) is 13.0 Å². The van der Waals surface area contributed by atoms with Gasteiger partial charge in [-0.05, 0) is 54.6 Å². The van der Waals surface area contributed by atoms with E-state index in [0.717, 1.165) is 47.6 Å². The lowest BCUT2D eigenvalue weighted by atomic mass is 9.96. The highest BCUT2D eigenvalue weighted by Gasteiger charge is 2.27. The second-order valence-corrected chi connectivity index (χ2v) is 8.29. The van der Waals surface area contributed by atoms with Gasteiger partial charge in [-0.15, -0.1) is 0 Å². The highest BCUT2D eigenvalue weighted by atomic mass is 35.5. The van der Waals surface area contributed by atoms with Crippen LogP contribution in [0.3, 0.4) is 0 Å². The lowest BCUT2D eigenvalue weighted by Gasteiger charge is -2.38. The molecule has 0 radical (unpaired) electrons. The number of rotatable bonds is 6. The lowest BCUT2D eigenvalue weighted by molar-refractivity contribution is 0.0238. The Kier molecular flexibility index (Phi) is 5.60. The van der Waals surface area contributed by atoms with E-state index in [1.54, 1.807) is 12.1 Å². The first-order chi connectivity index (χ1) is 15.6. The Balaban J connectivity index is 1.53. The van der Waals surface area contributed by atoms with Gasteiger partial charge in [-0.25, -0.2) is 0 Å². The van der Waals surface area contributed by atoms with Crippen LogP contribution in [0.15, 0.2) is 77.3 Å². The molecular formula is C26H23ClN2O3. The topological polar surface area (TPSA) is 58.7 Å². The minimum Gasteiger partial charge on any atom is -0.508 e. The van der Waals surface area contributed by atoms with Gasteiger partial charge >= 0.3 is 0 Å². The number of halogens is 1. The maximum Gasteiger partial charge on any atom is 0.175 e. The Morgan fingerprint density at radius 2 is 1.69 bits per heavy atom. The zero-order valence-electron chi connectivity index (χ0n) is 17.7. The summed E-state index contributed by atoms with van der Waals surface area (Å²) in [4.78, 5) is 2.34. The molecule has 5 rings (SSSR count). The average Bonchev–Trinajstić information content (AvgIpc) is 3.22. The monoisotopic (exact) mass is 446 g/mol. The van der Waals surface area contributed by atoms with E-state index in [1.807, 2.05) is 60.7 Å². The van der Waals surface area contributed by atoms with Crippen LogP contribution < -0.4 is 4.74 Å². The molecule has 5 nitrogen and oxygen atoms in total. The van der Waals surface area contributed by atoms with Crippen LogP contribution in [0.5, 0.6) is 11.5 Å². The third-order valence-electron chi connectivity index (χ3n) is 5.77. The summed E-state index contributed by atoms with van der Waals surface area (Å²) in [5.74, 6) is 1.66. The molecule has 0 spiro atoms. The summed E-state index contributed by atoms with van der Waals surface area (Å²) in [5, 5.41) is 14.7. The number of nitrogens with zero attached hydrogens (tertiary/aromatic N) is 2. The number of benzene rings is 3.